The van der Waals surface area contributed by atoms with Gasteiger partial charge in [0.25, 0.3) is 0 Å². The van der Waals surface area contributed by atoms with Gasteiger partial charge in [0.2, 0.25) is 10.0 Å². The van der Waals surface area contributed by atoms with Gasteiger partial charge in [-0.3, -0.25) is 0 Å². The van der Waals surface area contributed by atoms with Gasteiger partial charge in [-0.25, -0.2) is 8.42 Å². The van der Waals surface area contributed by atoms with E-state index >= 15 is 0 Å². The minimum atomic E-state index is -3.34. The summed E-state index contributed by atoms with van der Waals surface area (Å²) in [6.45, 7) is 5.28. The van der Waals surface area contributed by atoms with E-state index in [0.29, 0.717) is 23.9 Å². The Hall–Kier alpha value is -0.390. The molecule has 0 unspecified atom stereocenters. The molecule has 0 aliphatic carbocycles. The molecule has 0 spiro atoms. The smallest absolute Gasteiger partial charge is 0.207 e. The van der Waals surface area contributed by atoms with Crippen LogP contribution < -0.4 is 0 Å². The zero-order valence-corrected chi connectivity index (χ0v) is 13.1. The topological polar surface area (TPSA) is 37.4 Å². The van der Waals surface area contributed by atoms with Gasteiger partial charge in [-0.1, -0.05) is 28.9 Å². The molecule has 100 valence electrons. The van der Waals surface area contributed by atoms with Crippen LogP contribution in [-0.4, -0.2) is 25.8 Å². The molecule has 0 N–H and O–H groups in total. The maximum atomic E-state index is 12.6. The van der Waals surface area contributed by atoms with Gasteiger partial charge in [-0.15, -0.1) is 0 Å². The lowest BCUT2D eigenvalue weighted by Crippen LogP contribution is -2.38. The van der Waals surface area contributed by atoms with Crippen molar-refractivity contribution in [3.8, 4) is 0 Å². The van der Waals surface area contributed by atoms with E-state index in [1.807, 2.05) is 19.1 Å². The summed E-state index contributed by atoms with van der Waals surface area (Å²) in [7, 11) is -3.34. The highest BCUT2D eigenvalue weighted by Gasteiger charge is 2.29. The molecule has 1 aromatic carbocycles. The average Bonchev–Trinajstić information content (AvgIpc) is 2.32. The first kappa shape index (κ1) is 14.0. The Bertz CT molecular complexity index is 534. The second-order valence-electron chi connectivity index (χ2n) is 5.00. The fraction of sp³-hybridized carbons (Fsp3) is 0.538. The molecule has 0 atom stereocenters. The lowest BCUT2D eigenvalue weighted by atomic mass is 10.0. The lowest BCUT2D eigenvalue weighted by molar-refractivity contribution is 0.288. The highest BCUT2D eigenvalue weighted by Crippen LogP contribution is 2.27. The molecule has 1 aliphatic rings. The van der Waals surface area contributed by atoms with Crippen molar-refractivity contribution in [3.05, 3.63) is 28.2 Å². The Morgan fingerprint density at radius 2 is 1.89 bits per heavy atom. The van der Waals surface area contributed by atoms with Crippen LogP contribution in [0.25, 0.3) is 0 Å². The van der Waals surface area contributed by atoms with E-state index in [9.17, 15) is 8.42 Å². The van der Waals surface area contributed by atoms with Crippen LogP contribution in [0.4, 0.5) is 0 Å². The predicted molar refractivity (Wildman–Crippen MR) is 76.0 cm³/mol. The molecular weight excluding hydrogens is 314 g/mol. The summed E-state index contributed by atoms with van der Waals surface area (Å²) >= 11 is 3.34. The Labute approximate surface area is 117 Å². The van der Waals surface area contributed by atoms with E-state index in [2.05, 4.69) is 22.9 Å². The Kier molecular flexibility index (Phi) is 4.14. The fourth-order valence-electron chi connectivity index (χ4n) is 2.22. The van der Waals surface area contributed by atoms with E-state index in [-0.39, 0.29) is 0 Å². The molecule has 18 heavy (non-hydrogen) atoms. The molecule has 5 heteroatoms. The summed E-state index contributed by atoms with van der Waals surface area (Å²) in [5, 5.41) is 0. The molecule has 0 amide bonds. The van der Waals surface area contributed by atoms with Gasteiger partial charge in [0.05, 0.1) is 4.90 Å². The number of benzene rings is 1. The molecule has 2 rings (SSSR count). The molecule has 1 heterocycles. The van der Waals surface area contributed by atoms with Crippen molar-refractivity contribution in [2.75, 3.05) is 13.1 Å². The minimum Gasteiger partial charge on any atom is -0.207 e. The molecule has 0 aromatic heterocycles. The van der Waals surface area contributed by atoms with Crippen LogP contribution in [0.1, 0.15) is 25.3 Å². The summed E-state index contributed by atoms with van der Waals surface area (Å²) in [6, 6.07) is 5.40. The number of halogens is 1. The average molecular weight is 332 g/mol. The first-order valence-corrected chi connectivity index (χ1v) is 8.41. The molecule has 1 saturated heterocycles. The zero-order chi connectivity index (χ0) is 13.3. The monoisotopic (exact) mass is 331 g/mol. The largest absolute Gasteiger partial charge is 0.243 e. The summed E-state index contributed by atoms with van der Waals surface area (Å²) < 4.78 is 27.6. The van der Waals surface area contributed by atoms with Crippen LogP contribution in [-0.2, 0) is 10.0 Å². The third kappa shape index (κ3) is 2.78. The number of aryl methyl sites for hydroxylation is 1. The van der Waals surface area contributed by atoms with Gasteiger partial charge in [-0.05, 0) is 43.4 Å². The van der Waals surface area contributed by atoms with Crippen LogP contribution in [0.15, 0.2) is 27.6 Å². The Morgan fingerprint density at radius 1 is 1.28 bits per heavy atom. The van der Waals surface area contributed by atoms with E-state index in [1.165, 1.54) is 0 Å². The van der Waals surface area contributed by atoms with E-state index < -0.39 is 10.0 Å². The third-order valence-corrected chi connectivity index (χ3v) is 6.04. The van der Waals surface area contributed by atoms with Crippen molar-refractivity contribution in [1.29, 1.82) is 0 Å². The van der Waals surface area contributed by atoms with Crippen LogP contribution in [0.2, 0.25) is 0 Å². The minimum absolute atomic E-state index is 0.423. The van der Waals surface area contributed by atoms with Gasteiger partial charge in [0.15, 0.2) is 0 Å². The molecule has 3 nitrogen and oxygen atoms in total. The SMILES string of the molecule is Cc1ccc(Br)cc1S(=O)(=O)N1CCC(C)CC1. The highest BCUT2D eigenvalue weighted by molar-refractivity contribution is 9.10. The van der Waals surface area contributed by atoms with Crippen LogP contribution in [0.5, 0.6) is 0 Å². The third-order valence-electron chi connectivity index (χ3n) is 3.51. The summed E-state index contributed by atoms with van der Waals surface area (Å²) in [5.74, 6) is 0.625. The molecule has 1 aromatic rings. The molecule has 0 saturated carbocycles. The van der Waals surface area contributed by atoms with Crippen molar-refractivity contribution >= 4 is 26.0 Å². The first-order valence-electron chi connectivity index (χ1n) is 6.17. The van der Waals surface area contributed by atoms with Gasteiger partial charge in [0, 0.05) is 17.6 Å². The van der Waals surface area contributed by atoms with Crippen molar-refractivity contribution < 1.29 is 8.42 Å². The zero-order valence-electron chi connectivity index (χ0n) is 10.7. The van der Waals surface area contributed by atoms with Crippen molar-refractivity contribution in [2.24, 2.45) is 5.92 Å². The normalized spacial score (nSPS) is 19.1. The fourth-order valence-corrected chi connectivity index (χ4v) is 4.45. The lowest BCUT2D eigenvalue weighted by Gasteiger charge is -2.29. The molecule has 1 aliphatic heterocycles. The summed E-state index contributed by atoms with van der Waals surface area (Å²) in [5.41, 5.74) is 0.803. The quantitative estimate of drug-likeness (QED) is 0.834. The van der Waals surface area contributed by atoms with Crippen molar-refractivity contribution in [1.82, 2.24) is 4.31 Å². The number of piperidine rings is 1. The molecule has 1 fully saturated rings. The van der Waals surface area contributed by atoms with E-state index in [4.69, 9.17) is 0 Å². The number of rotatable bonds is 2. The predicted octanol–water partition coefficient (Wildman–Crippen LogP) is 3.18. The van der Waals surface area contributed by atoms with Crippen molar-refractivity contribution in [3.63, 3.8) is 0 Å². The van der Waals surface area contributed by atoms with Gasteiger partial charge < -0.3 is 0 Å². The Morgan fingerprint density at radius 3 is 2.50 bits per heavy atom. The standard InChI is InChI=1S/C13H18BrNO2S/c1-10-5-7-15(8-6-10)18(16,17)13-9-12(14)4-3-11(13)2/h3-4,9-10H,5-8H2,1-2H3. The highest BCUT2D eigenvalue weighted by atomic mass is 79.9. The second-order valence-corrected chi connectivity index (χ2v) is 7.82. The van der Waals surface area contributed by atoms with E-state index in [1.54, 1.807) is 10.4 Å². The van der Waals surface area contributed by atoms with Gasteiger partial charge in [-0.2, -0.15) is 4.31 Å². The molecule has 0 radical (unpaired) electrons. The maximum Gasteiger partial charge on any atom is 0.243 e. The van der Waals surface area contributed by atoms with Crippen LogP contribution >= 0.6 is 15.9 Å². The maximum absolute atomic E-state index is 12.6. The molecule has 0 bridgehead atoms. The van der Waals surface area contributed by atoms with Crippen LogP contribution in [0.3, 0.4) is 0 Å². The number of nitrogens with zero attached hydrogens (tertiary/aromatic N) is 1. The number of hydrogen-bond acceptors (Lipinski definition) is 2. The second kappa shape index (κ2) is 5.31. The summed E-state index contributed by atoms with van der Waals surface area (Å²) in [6.07, 6.45) is 1.90. The van der Waals surface area contributed by atoms with Gasteiger partial charge in [0.1, 0.15) is 0 Å². The van der Waals surface area contributed by atoms with E-state index in [0.717, 1.165) is 22.9 Å². The van der Waals surface area contributed by atoms with Gasteiger partial charge >= 0.3 is 0 Å². The number of sulfonamides is 1. The van der Waals surface area contributed by atoms with Crippen molar-refractivity contribution in [2.45, 2.75) is 31.6 Å². The van der Waals surface area contributed by atoms with Crippen LogP contribution in [0, 0.1) is 12.8 Å². The number of hydrogen-bond donors (Lipinski definition) is 0. The first-order chi connectivity index (χ1) is 8.41. The molecular formula is C13H18BrNO2S. The summed E-state index contributed by atoms with van der Waals surface area (Å²) in [4.78, 5) is 0.423. The Balaban J connectivity index is 2.33.